The van der Waals surface area contributed by atoms with Gasteiger partial charge in [0, 0.05) is 11.9 Å². The van der Waals surface area contributed by atoms with Crippen molar-refractivity contribution in [1.82, 2.24) is 0 Å². The Morgan fingerprint density at radius 1 is 1.33 bits per heavy atom. The van der Waals surface area contributed by atoms with E-state index in [2.05, 4.69) is 0 Å². The summed E-state index contributed by atoms with van der Waals surface area (Å²) in [6.07, 6.45) is 1.65. The van der Waals surface area contributed by atoms with Gasteiger partial charge in [0.15, 0.2) is 0 Å². The Labute approximate surface area is 75.2 Å². The molecule has 0 fully saturated rings. The van der Waals surface area contributed by atoms with Gasteiger partial charge < -0.3 is 5.73 Å². The highest BCUT2D eigenvalue weighted by Crippen LogP contribution is 2.21. The number of nitrogen functional groups attached to an aromatic ring is 1. The van der Waals surface area contributed by atoms with E-state index in [1.165, 1.54) is 0 Å². The van der Waals surface area contributed by atoms with Gasteiger partial charge in [-0.1, -0.05) is 6.07 Å². The van der Waals surface area contributed by atoms with Crippen molar-refractivity contribution in [2.45, 2.75) is 18.7 Å². The van der Waals surface area contributed by atoms with Gasteiger partial charge in [0.25, 0.3) is 0 Å². The summed E-state index contributed by atoms with van der Waals surface area (Å²) in [6.45, 7) is 3.91. The highest BCUT2D eigenvalue weighted by Gasteiger charge is 2.06. The molecular formula is C9H13NOS. The van der Waals surface area contributed by atoms with E-state index in [0.29, 0.717) is 5.69 Å². The van der Waals surface area contributed by atoms with Crippen LogP contribution in [0.1, 0.15) is 11.1 Å². The van der Waals surface area contributed by atoms with E-state index < -0.39 is 10.8 Å². The summed E-state index contributed by atoms with van der Waals surface area (Å²) in [7, 11) is -0.985. The van der Waals surface area contributed by atoms with Gasteiger partial charge in [0.1, 0.15) is 0 Å². The van der Waals surface area contributed by atoms with Crippen LogP contribution in [0.3, 0.4) is 0 Å². The third kappa shape index (κ3) is 1.67. The Kier molecular flexibility index (Phi) is 2.52. The molecule has 0 aromatic heterocycles. The molecule has 0 aliphatic rings. The van der Waals surface area contributed by atoms with Crippen LogP contribution in [0.4, 0.5) is 5.69 Å². The quantitative estimate of drug-likeness (QED) is 0.672. The SMILES string of the molecule is Cc1cc(C)c(S(C)=O)c(N)c1. The summed E-state index contributed by atoms with van der Waals surface area (Å²) in [4.78, 5) is 0.764. The molecular weight excluding hydrogens is 170 g/mol. The maximum absolute atomic E-state index is 11.2. The fourth-order valence-corrected chi connectivity index (χ4v) is 2.28. The van der Waals surface area contributed by atoms with Crippen LogP contribution in [-0.4, -0.2) is 10.5 Å². The van der Waals surface area contributed by atoms with E-state index in [9.17, 15) is 4.21 Å². The molecule has 0 bridgehead atoms. The standard InChI is InChI=1S/C9H13NOS/c1-6-4-7(2)9(12(3)11)8(10)5-6/h4-5H,10H2,1-3H3. The van der Waals surface area contributed by atoms with Gasteiger partial charge >= 0.3 is 0 Å². The second kappa shape index (κ2) is 3.27. The molecule has 0 saturated heterocycles. The molecule has 66 valence electrons. The summed E-state index contributed by atoms with van der Waals surface area (Å²) < 4.78 is 11.2. The molecule has 3 heteroatoms. The lowest BCUT2D eigenvalue weighted by Crippen LogP contribution is -1.99. The molecule has 0 spiro atoms. The van der Waals surface area contributed by atoms with Crippen LogP contribution >= 0.6 is 0 Å². The number of rotatable bonds is 1. The molecule has 0 heterocycles. The minimum Gasteiger partial charge on any atom is -0.398 e. The molecule has 1 aromatic carbocycles. The second-order valence-electron chi connectivity index (χ2n) is 2.95. The highest BCUT2D eigenvalue weighted by atomic mass is 32.2. The van der Waals surface area contributed by atoms with Crippen molar-refractivity contribution < 1.29 is 4.21 Å². The summed E-state index contributed by atoms with van der Waals surface area (Å²) in [6, 6.07) is 3.84. The third-order valence-corrected chi connectivity index (χ3v) is 2.87. The third-order valence-electron chi connectivity index (χ3n) is 1.74. The Balaban J connectivity index is 3.38. The predicted octanol–water partition coefficient (Wildman–Crippen LogP) is 1.62. The van der Waals surface area contributed by atoms with E-state index in [0.717, 1.165) is 16.0 Å². The first-order valence-corrected chi connectivity index (χ1v) is 5.28. The normalized spacial score (nSPS) is 12.9. The fourth-order valence-electron chi connectivity index (χ4n) is 1.38. The Morgan fingerprint density at radius 3 is 2.33 bits per heavy atom. The van der Waals surface area contributed by atoms with Crippen molar-refractivity contribution in [1.29, 1.82) is 0 Å². The van der Waals surface area contributed by atoms with Crippen molar-refractivity contribution in [3.63, 3.8) is 0 Å². The molecule has 1 rings (SSSR count). The molecule has 1 unspecified atom stereocenters. The smallest absolute Gasteiger partial charge is 0.0643 e. The van der Waals surface area contributed by atoms with E-state index in [4.69, 9.17) is 5.73 Å². The summed E-state index contributed by atoms with van der Waals surface area (Å²) in [5.74, 6) is 0. The lowest BCUT2D eigenvalue weighted by molar-refractivity contribution is 0.686. The van der Waals surface area contributed by atoms with Crippen molar-refractivity contribution in [2.24, 2.45) is 0 Å². The first-order valence-electron chi connectivity index (χ1n) is 3.72. The first kappa shape index (κ1) is 9.26. The van der Waals surface area contributed by atoms with E-state index in [1.54, 1.807) is 6.26 Å². The van der Waals surface area contributed by atoms with Gasteiger partial charge in [-0.15, -0.1) is 0 Å². The van der Waals surface area contributed by atoms with Crippen molar-refractivity contribution in [3.05, 3.63) is 23.3 Å². The molecule has 0 radical (unpaired) electrons. The predicted molar refractivity (Wildman–Crippen MR) is 52.7 cm³/mol. The maximum atomic E-state index is 11.2. The van der Waals surface area contributed by atoms with Crippen molar-refractivity contribution >= 4 is 16.5 Å². The minimum atomic E-state index is -0.985. The average Bonchev–Trinajstić information content (AvgIpc) is 1.82. The number of hydrogen-bond acceptors (Lipinski definition) is 2. The van der Waals surface area contributed by atoms with Crippen LogP contribution in [0.25, 0.3) is 0 Å². The molecule has 2 nitrogen and oxygen atoms in total. The molecule has 12 heavy (non-hydrogen) atoms. The zero-order valence-electron chi connectivity index (χ0n) is 7.55. The number of anilines is 1. The largest absolute Gasteiger partial charge is 0.398 e. The van der Waals surface area contributed by atoms with Gasteiger partial charge in [-0.25, -0.2) is 0 Å². The zero-order valence-corrected chi connectivity index (χ0v) is 8.37. The topological polar surface area (TPSA) is 43.1 Å². The summed E-state index contributed by atoms with van der Waals surface area (Å²) in [5, 5.41) is 0. The van der Waals surface area contributed by atoms with Crippen LogP contribution in [0.2, 0.25) is 0 Å². The lowest BCUT2D eigenvalue weighted by Gasteiger charge is -2.07. The first-order chi connectivity index (χ1) is 5.52. The molecule has 0 amide bonds. The van der Waals surface area contributed by atoms with Crippen LogP contribution in [0, 0.1) is 13.8 Å². The average molecular weight is 183 g/mol. The Morgan fingerprint density at radius 2 is 1.92 bits per heavy atom. The van der Waals surface area contributed by atoms with Crippen molar-refractivity contribution in [3.8, 4) is 0 Å². The molecule has 1 aromatic rings. The summed E-state index contributed by atoms with van der Waals surface area (Å²) >= 11 is 0. The fraction of sp³-hybridized carbons (Fsp3) is 0.333. The van der Waals surface area contributed by atoms with Crippen LogP contribution < -0.4 is 5.73 Å². The van der Waals surface area contributed by atoms with Crippen LogP contribution in [-0.2, 0) is 10.8 Å². The summed E-state index contributed by atoms with van der Waals surface area (Å²) in [5.41, 5.74) is 8.48. The minimum absolute atomic E-state index is 0.633. The Bertz CT molecular complexity index is 310. The molecule has 0 aliphatic carbocycles. The number of benzene rings is 1. The van der Waals surface area contributed by atoms with Crippen molar-refractivity contribution in [2.75, 3.05) is 12.0 Å². The van der Waals surface area contributed by atoms with E-state index >= 15 is 0 Å². The van der Waals surface area contributed by atoms with Gasteiger partial charge in [-0.05, 0) is 31.0 Å². The van der Waals surface area contributed by atoms with Gasteiger partial charge in [0.2, 0.25) is 0 Å². The van der Waals surface area contributed by atoms with Crippen LogP contribution in [0.5, 0.6) is 0 Å². The van der Waals surface area contributed by atoms with Crippen LogP contribution in [0.15, 0.2) is 17.0 Å². The van der Waals surface area contributed by atoms with Gasteiger partial charge in [-0.3, -0.25) is 4.21 Å². The molecule has 0 saturated carbocycles. The monoisotopic (exact) mass is 183 g/mol. The van der Waals surface area contributed by atoms with Gasteiger partial charge in [0.05, 0.1) is 15.7 Å². The zero-order chi connectivity index (χ0) is 9.30. The number of aryl methyl sites for hydroxylation is 2. The molecule has 2 N–H and O–H groups in total. The second-order valence-corrected chi connectivity index (χ2v) is 4.27. The molecule has 1 atom stereocenters. The van der Waals surface area contributed by atoms with E-state index in [1.807, 2.05) is 26.0 Å². The highest BCUT2D eigenvalue weighted by molar-refractivity contribution is 7.84. The Hall–Kier alpha value is -0.830. The van der Waals surface area contributed by atoms with Gasteiger partial charge in [-0.2, -0.15) is 0 Å². The maximum Gasteiger partial charge on any atom is 0.0643 e. The lowest BCUT2D eigenvalue weighted by atomic mass is 10.1. The number of hydrogen-bond donors (Lipinski definition) is 1. The van der Waals surface area contributed by atoms with E-state index in [-0.39, 0.29) is 0 Å². The number of nitrogens with two attached hydrogens (primary N) is 1. The molecule has 0 aliphatic heterocycles.